The minimum atomic E-state index is -0.250. The Morgan fingerprint density at radius 2 is 1.77 bits per heavy atom. The third-order valence-electron chi connectivity index (χ3n) is 9.88. The van der Waals surface area contributed by atoms with Crippen LogP contribution in [0.25, 0.3) is 5.57 Å². The van der Waals surface area contributed by atoms with Gasteiger partial charge >= 0.3 is 5.97 Å². The number of likely N-dealkylation sites (tertiary alicyclic amines) is 1. The minimum absolute atomic E-state index is 0.250. The van der Waals surface area contributed by atoms with Crippen LogP contribution >= 0.6 is 11.6 Å². The van der Waals surface area contributed by atoms with Crippen LogP contribution in [0.5, 0.6) is 0 Å². The number of hydrogen-bond donors (Lipinski definition) is 0. The minimum Gasteiger partial charge on any atom is -0.462 e. The molecule has 6 rings (SSSR count). The molecule has 2 aromatic carbocycles. The zero-order chi connectivity index (χ0) is 27.7. The van der Waals surface area contributed by atoms with Crippen molar-refractivity contribution in [3.8, 4) is 0 Å². The van der Waals surface area contributed by atoms with Crippen LogP contribution in [0.2, 0.25) is 5.02 Å². The molecule has 2 aliphatic carbocycles. The van der Waals surface area contributed by atoms with Gasteiger partial charge in [-0.05, 0) is 104 Å². The van der Waals surface area contributed by atoms with Gasteiger partial charge in [-0.2, -0.15) is 0 Å². The number of rotatable bonds is 8. The number of fused-ring (bicyclic) bond motifs is 2. The SMILES string of the molecule is CCOC(=O)c1ccc(N2CCN(CC3=C(c4ccc(Cl)cc4)CCC(C)(CN4C[C@@H]5CC[C@H]4C5)C3)CC2)cc1. The number of halogens is 1. The summed E-state index contributed by atoms with van der Waals surface area (Å²) in [7, 11) is 0. The van der Waals surface area contributed by atoms with Crippen LogP contribution in [0.1, 0.15) is 68.3 Å². The predicted octanol–water partition coefficient (Wildman–Crippen LogP) is 6.77. The maximum Gasteiger partial charge on any atom is 0.338 e. The lowest BCUT2D eigenvalue weighted by Crippen LogP contribution is -2.48. The van der Waals surface area contributed by atoms with Gasteiger partial charge in [0.25, 0.3) is 0 Å². The maximum atomic E-state index is 12.0. The molecule has 2 saturated heterocycles. The third-order valence-corrected chi connectivity index (χ3v) is 10.1. The molecule has 0 spiro atoms. The fourth-order valence-corrected chi connectivity index (χ4v) is 7.89. The van der Waals surface area contributed by atoms with E-state index in [1.54, 1.807) is 11.1 Å². The number of piperazine rings is 1. The number of esters is 1. The summed E-state index contributed by atoms with van der Waals surface area (Å²) in [5, 5.41) is 0.807. The molecule has 4 aliphatic rings. The van der Waals surface area contributed by atoms with Crippen LogP contribution in [-0.2, 0) is 4.74 Å². The van der Waals surface area contributed by atoms with Crippen molar-refractivity contribution in [3.05, 3.63) is 70.3 Å². The number of hydrogen-bond acceptors (Lipinski definition) is 5. The van der Waals surface area contributed by atoms with Gasteiger partial charge in [-0.3, -0.25) is 9.80 Å². The van der Waals surface area contributed by atoms with Crippen molar-refractivity contribution in [2.45, 2.75) is 58.4 Å². The van der Waals surface area contributed by atoms with Crippen molar-refractivity contribution in [3.63, 3.8) is 0 Å². The molecule has 1 saturated carbocycles. The van der Waals surface area contributed by atoms with E-state index in [2.05, 4.69) is 45.9 Å². The van der Waals surface area contributed by atoms with Gasteiger partial charge in [0.2, 0.25) is 0 Å². The number of benzene rings is 2. The first kappa shape index (κ1) is 27.8. The number of nitrogens with zero attached hydrogens (tertiary/aromatic N) is 3. The Kier molecular flexibility index (Phi) is 8.26. The monoisotopic (exact) mass is 561 g/mol. The Hall–Kier alpha value is -2.34. The molecule has 2 bridgehead atoms. The van der Waals surface area contributed by atoms with Crippen molar-refractivity contribution in [2.24, 2.45) is 11.3 Å². The highest BCUT2D eigenvalue weighted by Crippen LogP contribution is 2.46. The topological polar surface area (TPSA) is 36.0 Å². The van der Waals surface area contributed by atoms with E-state index in [9.17, 15) is 4.79 Å². The highest BCUT2D eigenvalue weighted by molar-refractivity contribution is 6.30. The quantitative estimate of drug-likeness (QED) is 0.332. The summed E-state index contributed by atoms with van der Waals surface area (Å²) in [6.07, 6.45) is 7.90. The molecule has 2 aromatic rings. The van der Waals surface area contributed by atoms with E-state index in [1.165, 1.54) is 56.4 Å². The van der Waals surface area contributed by atoms with Crippen molar-refractivity contribution in [1.82, 2.24) is 9.80 Å². The Morgan fingerprint density at radius 3 is 2.42 bits per heavy atom. The van der Waals surface area contributed by atoms with Gasteiger partial charge in [-0.25, -0.2) is 4.79 Å². The van der Waals surface area contributed by atoms with Gasteiger partial charge in [0.15, 0.2) is 0 Å². The fourth-order valence-electron chi connectivity index (χ4n) is 7.77. The van der Waals surface area contributed by atoms with E-state index in [0.717, 1.165) is 56.1 Å². The number of carbonyl (C=O) groups excluding carboxylic acids is 1. The fraction of sp³-hybridized carbons (Fsp3) is 0.559. The molecule has 0 radical (unpaired) electrons. The zero-order valence-electron chi connectivity index (χ0n) is 24.2. The van der Waals surface area contributed by atoms with Crippen LogP contribution < -0.4 is 4.90 Å². The van der Waals surface area contributed by atoms with E-state index in [4.69, 9.17) is 16.3 Å². The van der Waals surface area contributed by atoms with E-state index in [1.807, 2.05) is 31.2 Å². The Morgan fingerprint density at radius 1 is 1.02 bits per heavy atom. The van der Waals surface area contributed by atoms with Gasteiger partial charge in [-0.15, -0.1) is 0 Å². The normalized spacial score (nSPS) is 27.4. The molecule has 40 heavy (non-hydrogen) atoms. The number of anilines is 1. The molecule has 0 amide bonds. The summed E-state index contributed by atoms with van der Waals surface area (Å²) < 4.78 is 5.14. The first-order valence-electron chi connectivity index (χ1n) is 15.3. The standard InChI is InChI=1S/C34H44ClN3O2/c1-3-40-33(39)27-7-12-30(13-8-27)37-18-16-36(17-19-37)23-28-21-34(2,24-38-22-25-4-11-31(38)20-25)15-14-32(28)26-5-9-29(35)10-6-26/h5-10,12-13,25,31H,3-4,11,14-24H2,1-2H3/t25-,31+,34?/m1/s1. The molecule has 2 heterocycles. The highest BCUT2D eigenvalue weighted by Gasteiger charge is 2.42. The number of carbonyl (C=O) groups is 1. The molecule has 3 fully saturated rings. The molecular weight excluding hydrogens is 518 g/mol. The van der Waals surface area contributed by atoms with E-state index in [-0.39, 0.29) is 5.97 Å². The Labute approximate surface area is 245 Å². The molecular formula is C34H44ClN3O2. The van der Waals surface area contributed by atoms with Crippen LogP contribution in [0.4, 0.5) is 5.69 Å². The first-order valence-corrected chi connectivity index (χ1v) is 15.7. The second kappa shape index (κ2) is 11.9. The largest absolute Gasteiger partial charge is 0.462 e. The second-order valence-electron chi connectivity index (χ2n) is 12.9. The van der Waals surface area contributed by atoms with Crippen LogP contribution in [0, 0.1) is 11.3 Å². The molecule has 2 aliphatic heterocycles. The van der Waals surface area contributed by atoms with Crippen molar-refractivity contribution >= 4 is 28.8 Å². The predicted molar refractivity (Wildman–Crippen MR) is 164 cm³/mol. The van der Waals surface area contributed by atoms with E-state index < -0.39 is 0 Å². The average molecular weight is 562 g/mol. The smallest absolute Gasteiger partial charge is 0.338 e. The summed E-state index contributed by atoms with van der Waals surface area (Å²) in [6.45, 7) is 12.5. The molecule has 214 valence electrons. The van der Waals surface area contributed by atoms with Gasteiger partial charge in [0, 0.05) is 62.6 Å². The molecule has 5 nitrogen and oxygen atoms in total. The van der Waals surface area contributed by atoms with Crippen molar-refractivity contribution in [2.75, 3.05) is 57.3 Å². The molecule has 1 unspecified atom stereocenters. The number of piperidine rings is 1. The molecule has 3 atom stereocenters. The van der Waals surface area contributed by atoms with E-state index >= 15 is 0 Å². The summed E-state index contributed by atoms with van der Waals surface area (Å²) in [5.74, 6) is 0.704. The summed E-state index contributed by atoms with van der Waals surface area (Å²) >= 11 is 6.26. The number of allylic oxidation sites excluding steroid dienone is 1. The van der Waals surface area contributed by atoms with E-state index in [0.29, 0.717) is 17.6 Å². The van der Waals surface area contributed by atoms with Gasteiger partial charge < -0.3 is 9.64 Å². The molecule has 0 N–H and O–H groups in total. The van der Waals surface area contributed by atoms with Crippen LogP contribution in [0.3, 0.4) is 0 Å². The lowest BCUT2D eigenvalue weighted by atomic mass is 9.71. The van der Waals surface area contributed by atoms with Crippen molar-refractivity contribution in [1.29, 1.82) is 0 Å². The Balaban J connectivity index is 1.13. The maximum absolute atomic E-state index is 12.0. The Bertz CT molecular complexity index is 1220. The van der Waals surface area contributed by atoms with Gasteiger partial charge in [0.05, 0.1) is 12.2 Å². The zero-order valence-corrected chi connectivity index (χ0v) is 25.0. The molecule has 0 aromatic heterocycles. The van der Waals surface area contributed by atoms with Gasteiger partial charge in [0.1, 0.15) is 0 Å². The first-order chi connectivity index (χ1) is 19.4. The summed E-state index contributed by atoms with van der Waals surface area (Å²) in [5.41, 5.74) is 6.67. The van der Waals surface area contributed by atoms with Gasteiger partial charge in [-0.1, -0.05) is 36.2 Å². The summed E-state index contributed by atoms with van der Waals surface area (Å²) in [6, 6.07) is 17.3. The third kappa shape index (κ3) is 6.12. The average Bonchev–Trinajstić information content (AvgIpc) is 3.58. The lowest BCUT2D eigenvalue weighted by molar-refractivity contribution is 0.0526. The van der Waals surface area contributed by atoms with Crippen LogP contribution in [0.15, 0.2) is 54.1 Å². The van der Waals surface area contributed by atoms with Crippen LogP contribution in [-0.4, -0.2) is 74.2 Å². The molecule has 6 heteroatoms. The number of ether oxygens (including phenoxy) is 1. The second-order valence-corrected chi connectivity index (χ2v) is 13.3. The highest BCUT2D eigenvalue weighted by atomic mass is 35.5. The lowest BCUT2D eigenvalue weighted by Gasteiger charge is -2.43. The van der Waals surface area contributed by atoms with Crippen molar-refractivity contribution < 1.29 is 9.53 Å². The summed E-state index contributed by atoms with van der Waals surface area (Å²) in [4.78, 5) is 20.0.